The largest absolute Gasteiger partial charge is 0.389 e. The monoisotopic (exact) mass is 282 g/mol. The smallest absolute Gasteiger partial charge is 0.225 e. The predicted octanol–water partition coefficient (Wildman–Crippen LogP) is 1.33. The number of nitrogens with zero attached hydrogens (tertiary/aromatic N) is 1. The van der Waals surface area contributed by atoms with Gasteiger partial charge in [0.05, 0.1) is 17.9 Å². The maximum absolute atomic E-state index is 11.8. The van der Waals surface area contributed by atoms with Crippen molar-refractivity contribution < 1.29 is 9.53 Å². The average Bonchev–Trinajstić information content (AvgIpc) is 2.86. The number of anilines is 1. The van der Waals surface area contributed by atoms with Crippen LogP contribution in [0.3, 0.4) is 0 Å². The number of aromatic amines is 1. The first-order valence-electron chi connectivity index (χ1n) is 6.41. The van der Waals surface area contributed by atoms with Gasteiger partial charge in [0, 0.05) is 13.0 Å². The van der Waals surface area contributed by atoms with Crippen LogP contribution in [0.4, 0.5) is 5.82 Å². The van der Waals surface area contributed by atoms with E-state index in [9.17, 15) is 4.79 Å². The molecule has 1 saturated heterocycles. The minimum atomic E-state index is -0.0871. The van der Waals surface area contributed by atoms with E-state index in [1.807, 2.05) is 0 Å². The van der Waals surface area contributed by atoms with Crippen molar-refractivity contribution in [1.29, 1.82) is 0 Å². The number of amides is 1. The van der Waals surface area contributed by atoms with Crippen LogP contribution in [0.15, 0.2) is 6.20 Å². The van der Waals surface area contributed by atoms with Gasteiger partial charge in [-0.05, 0) is 25.7 Å². The van der Waals surface area contributed by atoms with Gasteiger partial charge in [-0.15, -0.1) is 0 Å². The van der Waals surface area contributed by atoms with Gasteiger partial charge in [0.1, 0.15) is 10.8 Å². The van der Waals surface area contributed by atoms with Crippen LogP contribution in [0.2, 0.25) is 0 Å². The summed E-state index contributed by atoms with van der Waals surface area (Å²) >= 11 is 4.87. The molecule has 0 aromatic carbocycles. The lowest BCUT2D eigenvalue weighted by Gasteiger charge is -2.22. The van der Waals surface area contributed by atoms with Crippen LogP contribution in [-0.2, 0) is 9.53 Å². The van der Waals surface area contributed by atoms with Gasteiger partial charge in [-0.3, -0.25) is 9.89 Å². The van der Waals surface area contributed by atoms with Crippen molar-refractivity contribution in [3.8, 4) is 0 Å². The van der Waals surface area contributed by atoms with E-state index in [0.717, 1.165) is 25.9 Å². The first kappa shape index (κ1) is 14.0. The van der Waals surface area contributed by atoms with E-state index in [0.29, 0.717) is 17.8 Å². The quantitative estimate of drug-likeness (QED) is 0.708. The van der Waals surface area contributed by atoms with E-state index in [1.165, 1.54) is 12.6 Å². The number of aromatic nitrogens is 2. The summed E-state index contributed by atoms with van der Waals surface area (Å²) < 4.78 is 5.58. The Kier molecular flexibility index (Phi) is 4.86. The van der Waals surface area contributed by atoms with Gasteiger partial charge in [-0.1, -0.05) is 12.2 Å². The summed E-state index contributed by atoms with van der Waals surface area (Å²) in [4.78, 5) is 12.0. The zero-order valence-corrected chi connectivity index (χ0v) is 11.5. The maximum atomic E-state index is 11.8. The minimum Gasteiger partial charge on any atom is -0.389 e. The number of H-pyrrole nitrogens is 1. The summed E-state index contributed by atoms with van der Waals surface area (Å²) in [5.74, 6) is 0.373. The molecule has 4 N–H and O–H groups in total. The van der Waals surface area contributed by atoms with Crippen LogP contribution in [0.5, 0.6) is 0 Å². The molecule has 0 spiro atoms. The Labute approximate surface area is 117 Å². The van der Waals surface area contributed by atoms with E-state index < -0.39 is 0 Å². The Morgan fingerprint density at radius 1 is 1.63 bits per heavy atom. The molecule has 104 valence electrons. The number of ether oxygens (including phenoxy) is 1. The molecule has 0 saturated carbocycles. The molecule has 0 aliphatic carbocycles. The molecule has 1 aromatic heterocycles. The first-order valence-corrected chi connectivity index (χ1v) is 6.82. The number of carbonyl (C=O) groups is 1. The van der Waals surface area contributed by atoms with Crippen LogP contribution < -0.4 is 11.1 Å². The Morgan fingerprint density at radius 3 is 3.16 bits per heavy atom. The van der Waals surface area contributed by atoms with Crippen LogP contribution in [0.1, 0.15) is 37.7 Å². The van der Waals surface area contributed by atoms with E-state index in [4.69, 9.17) is 22.7 Å². The van der Waals surface area contributed by atoms with Crippen molar-refractivity contribution in [2.24, 2.45) is 5.73 Å². The third-order valence-electron chi connectivity index (χ3n) is 3.14. The fraction of sp³-hybridized carbons (Fsp3) is 0.583. The van der Waals surface area contributed by atoms with Crippen molar-refractivity contribution in [3.63, 3.8) is 0 Å². The van der Waals surface area contributed by atoms with Crippen molar-refractivity contribution in [1.82, 2.24) is 10.2 Å². The summed E-state index contributed by atoms with van der Waals surface area (Å²) in [7, 11) is 0. The number of thiocarbonyl (C=S) groups is 1. The SMILES string of the molecule is NC(=S)c1cn[nH]c1NC(=O)CCC1CCCCO1. The molecule has 1 amide bonds. The highest BCUT2D eigenvalue weighted by molar-refractivity contribution is 7.80. The van der Waals surface area contributed by atoms with Gasteiger partial charge in [-0.2, -0.15) is 5.10 Å². The van der Waals surface area contributed by atoms with Crippen LogP contribution in [-0.4, -0.2) is 33.8 Å². The van der Waals surface area contributed by atoms with Gasteiger partial charge in [0.15, 0.2) is 0 Å². The van der Waals surface area contributed by atoms with Gasteiger partial charge < -0.3 is 15.8 Å². The van der Waals surface area contributed by atoms with Gasteiger partial charge in [0.25, 0.3) is 0 Å². The van der Waals surface area contributed by atoms with E-state index in [-0.39, 0.29) is 17.0 Å². The molecule has 1 fully saturated rings. The second-order valence-corrected chi connectivity index (χ2v) is 5.04. The Bertz CT molecular complexity index is 454. The Morgan fingerprint density at radius 2 is 2.47 bits per heavy atom. The number of nitrogens with two attached hydrogens (primary N) is 1. The predicted molar refractivity (Wildman–Crippen MR) is 75.9 cm³/mol. The van der Waals surface area contributed by atoms with Crippen LogP contribution >= 0.6 is 12.2 Å². The van der Waals surface area contributed by atoms with Crippen LogP contribution in [0.25, 0.3) is 0 Å². The van der Waals surface area contributed by atoms with E-state index in [1.54, 1.807) is 0 Å². The fourth-order valence-corrected chi connectivity index (χ4v) is 2.25. The highest BCUT2D eigenvalue weighted by atomic mass is 32.1. The normalized spacial score (nSPS) is 19.1. The van der Waals surface area contributed by atoms with Crippen LogP contribution in [0, 0.1) is 0 Å². The number of rotatable bonds is 5. The standard InChI is InChI=1S/C12H18N4O2S/c13-11(19)9-7-14-16-12(9)15-10(17)5-4-8-3-1-2-6-18-8/h7-8H,1-6H2,(H2,13,19)(H2,14,15,16,17). The molecular weight excluding hydrogens is 264 g/mol. The summed E-state index contributed by atoms with van der Waals surface area (Å²) in [5, 5.41) is 9.22. The molecule has 0 bridgehead atoms. The van der Waals surface area contributed by atoms with Gasteiger partial charge >= 0.3 is 0 Å². The summed E-state index contributed by atoms with van der Waals surface area (Å²) in [6, 6.07) is 0. The molecule has 1 aliphatic rings. The second kappa shape index (κ2) is 6.63. The summed E-state index contributed by atoms with van der Waals surface area (Å²) in [5.41, 5.74) is 6.08. The molecule has 1 atom stereocenters. The van der Waals surface area contributed by atoms with Crippen molar-refractivity contribution in [2.45, 2.75) is 38.2 Å². The van der Waals surface area contributed by atoms with Crippen molar-refractivity contribution in [3.05, 3.63) is 11.8 Å². The molecule has 2 rings (SSSR count). The van der Waals surface area contributed by atoms with Crippen molar-refractivity contribution in [2.75, 3.05) is 11.9 Å². The lowest BCUT2D eigenvalue weighted by Crippen LogP contribution is -2.22. The average molecular weight is 282 g/mol. The number of hydrogen-bond acceptors (Lipinski definition) is 4. The van der Waals surface area contributed by atoms with Gasteiger partial charge in [-0.25, -0.2) is 0 Å². The third-order valence-corrected chi connectivity index (χ3v) is 3.36. The molecule has 19 heavy (non-hydrogen) atoms. The molecule has 2 heterocycles. The summed E-state index contributed by atoms with van der Waals surface area (Å²) in [6.07, 6.45) is 6.20. The first-order chi connectivity index (χ1) is 9.16. The van der Waals surface area contributed by atoms with Gasteiger partial charge in [0.2, 0.25) is 5.91 Å². The van der Waals surface area contributed by atoms with E-state index >= 15 is 0 Å². The minimum absolute atomic E-state index is 0.0871. The molecule has 7 heteroatoms. The number of hydrogen-bond donors (Lipinski definition) is 3. The topological polar surface area (TPSA) is 93.0 Å². The second-order valence-electron chi connectivity index (χ2n) is 4.60. The molecule has 1 aromatic rings. The van der Waals surface area contributed by atoms with Crippen molar-refractivity contribution >= 4 is 28.9 Å². The Hall–Kier alpha value is -1.47. The number of nitrogens with one attached hydrogen (secondary N) is 2. The number of carbonyl (C=O) groups excluding carboxylic acids is 1. The molecule has 0 radical (unpaired) electrons. The molecule has 6 nitrogen and oxygen atoms in total. The summed E-state index contributed by atoms with van der Waals surface area (Å²) in [6.45, 7) is 0.804. The Balaban J connectivity index is 1.80. The highest BCUT2D eigenvalue weighted by Crippen LogP contribution is 2.17. The lowest BCUT2D eigenvalue weighted by molar-refractivity contribution is -0.117. The molecule has 1 unspecified atom stereocenters. The maximum Gasteiger partial charge on any atom is 0.225 e. The van der Waals surface area contributed by atoms with E-state index in [2.05, 4.69) is 15.5 Å². The third kappa shape index (κ3) is 4.00. The lowest BCUT2D eigenvalue weighted by atomic mass is 10.0. The molecular formula is C12H18N4O2S. The highest BCUT2D eigenvalue weighted by Gasteiger charge is 2.16. The fourth-order valence-electron chi connectivity index (χ4n) is 2.10. The zero-order valence-electron chi connectivity index (χ0n) is 10.6. The molecule has 1 aliphatic heterocycles. The zero-order chi connectivity index (χ0) is 13.7.